The van der Waals surface area contributed by atoms with E-state index in [9.17, 15) is 0 Å². The molecule has 0 amide bonds. The Morgan fingerprint density at radius 3 is 3.06 bits per heavy atom. The average molecular weight is 247 g/mol. The second-order valence-electron chi connectivity index (χ2n) is 4.51. The molecule has 1 atom stereocenters. The lowest BCUT2D eigenvalue weighted by atomic mass is 10.1. The molecular weight excluding hydrogens is 226 g/mol. The first-order chi connectivity index (χ1) is 8.74. The van der Waals surface area contributed by atoms with Gasteiger partial charge in [-0.1, -0.05) is 13.0 Å². The highest BCUT2D eigenvalue weighted by molar-refractivity contribution is 6.03. The number of amidine groups is 1. The van der Waals surface area contributed by atoms with E-state index in [4.69, 9.17) is 0 Å². The van der Waals surface area contributed by atoms with Crippen LogP contribution in [0, 0.1) is 0 Å². The summed E-state index contributed by atoms with van der Waals surface area (Å²) in [5.74, 6) is 1.65. The van der Waals surface area contributed by atoms with Gasteiger partial charge in [-0.2, -0.15) is 4.99 Å². The fourth-order valence-corrected chi connectivity index (χ4v) is 2.15. The maximum atomic E-state index is 4.57. The molecule has 2 aliphatic rings. The maximum Gasteiger partial charge on any atom is 0.219 e. The number of nitrogens with zero attached hydrogens (tertiary/aromatic N) is 4. The highest BCUT2D eigenvalue weighted by Gasteiger charge is 2.22. The molecule has 2 heterocycles. The Morgan fingerprint density at radius 2 is 2.33 bits per heavy atom. The van der Waals surface area contributed by atoms with Gasteiger partial charge in [0, 0.05) is 39.6 Å². The third-order valence-electron chi connectivity index (χ3n) is 3.19. The average Bonchev–Trinajstić information content (AvgIpc) is 2.63. The standard InChI is InChI=1S/C13H21N5/c1-4-11-10-17(3)8-9-18(11)12-6-5-7-15-13(14-2)16-12/h5-6,8-9,11H,4,7,10H2,1-3H3,(H,14,15). The van der Waals surface area contributed by atoms with Gasteiger partial charge in [0.05, 0.1) is 6.04 Å². The van der Waals surface area contributed by atoms with Crippen molar-refractivity contribution in [1.29, 1.82) is 0 Å². The van der Waals surface area contributed by atoms with Crippen LogP contribution in [0.2, 0.25) is 0 Å². The van der Waals surface area contributed by atoms with Crippen LogP contribution in [-0.2, 0) is 0 Å². The number of likely N-dealkylation sites (N-methyl/N-ethyl adjacent to an activating group) is 1. The summed E-state index contributed by atoms with van der Waals surface area (Å²) in [6, 6.07) is 0.458. The molecule has 1 unspecified atom stereocenters. The second-order valence-corrected chi connectivity index (χ2v) is 4.51. The van der Waals surface area contributed by atoms with Gasteiger partial charge in [0.25, 0.3) is 0 Å². The number of aliphatic imine (C=N–C) groups is 2. The Hall–Kier alpha value is -1.78. The molecule has 0 spiro atoms. The highest BCUT2D eigenvalue weighted by atomic mass is 15.3. The molecule has 18 heavy (non-hydrogen) atoms. The van der Waals surface area contributed by atoms with E-state index in [0.29, 0.717) is 12.0 Å². The van der Waals surface area contributed by atoms with Crippen LogP contribution in [0.25, 0.3) is 0 Å². The van der Waals surface area contributed by atoms with E-state index in [0.717, 1.165) is 25.3 Å². The highest BCUT2D eigenvalue weighted by Crippen LogP contribution is 2.14. The molecule has 0 saturated heterocycles. The van der Waals surface area contributed by atoms with Crippen LogP contribution in [0.15, 0.2) is 34.5 Å². The molecule has 0 aromatic rings. The summed E-state index contributed by atoms with van der Waals surface area (Å²) in [4.78, 5) is 13.1. The first-order valence-electron chi connectivity index (χ1n) is 6.37. The number of nitrogens with one attached hydrogen (secondary N) is 1. The van der Waals surface area contributed by atoms with Gasteiger partial charge < -0.3 is 15.1 Å². The van der Waals surface area contributed by atoms with Crippen molar-refractivity contribution in [2.24, 2.45) is 9.98 Å². The molecule has 0 saturated carbocycles. The van der Waals surface area contributed by atoms with Crippen LogP contribution in [-0.4, -0.2) is 54.8 Å². The summed E-state index contributed by atoms with van der Waals surface area (Å²) >= 11 is 0. The smallest absolute Gasteiger partial charge is 0.219 e. The molecular formula is C13H21N5. The SMILES string of the molecule is CCC1CN(C)C=CN1C1=NC(=NC)NCC=C1. The molecule has 2 aliphatic heterocycles. The zero-order valence-corrected chi connectivity index (χ0v) is 11.3. The van der Waals surface area contributed by atoms with Gasteiger partial charge in [-0.3, -0.25) is 4.99 Å². The Morgan fingerprint density at radius 1 is 1.50 bits per heavy atom. The van der Waals surface area contributed by atoms with Crippen molar-refractivity contribution in [2.75, 3.05) is 27.2 Å². The summed E-state index contributed by atoms with van der Waals surface area (Å²) in [6.45, 7) is 4.00. The lowest BCUT2D eigenvalue weighted by Gasteiger charge is -2.36. The molecule has 98 valence electrons. The van der Waals surface area contributed by atoms with Gasteiger partial charge >= 0.3 is 0 Å². The summed E-state index contributed by atoms with van der Waals surface area (Å²) in [7, 11) is 3.85. The quantitative estimate of drug-likeness (QED) is 0.752. The third kappa shape index (κ3) is 2.72. The predicted octanol–water partition coefficient (Wildman–Crippen LogP) is 1.03. The van der Waals surface area contributed by atoms with E-state index in [2.05, 4.69) is 63.6 Å². The molecule has 5 heteroatoms. The lowest BCUT2D eigenvalue weighted by Crippen LogP contribution is -2.44. The van der Waals surface area contributed by atoms with E-state index in [1.807, 2.05) is 0 Å². The van der Waals surface area contributed by atoms with Gasteiger partial charge in [-0.05, 0) is 12.5 Å². The summed E-state index contributed by atoms with van der Waals surface area (Å²) < 4.78 is 0. The first kappa shape index (κ1) is 12.7. The number of rotatable bonds is 1. The Labute approximate surface area is 109 Å². The second kappa shape index (κ2) is 5.71. The molecule has 0 aromatic carbocycles. The summed E-state index contributed by atoms with van der Waals surface area (Å²) in [5, 5.41) is 3.16. The minimum Gasteiger partial charge on any atom is -0.377 e. The van der Waals surface area contributed by atoms with Crippen molar-refractivity contribution in [3.63, 3.8) is 0 Å². The van der Waals surface area contributed by atoms with Crippen molar-refractivity contribution < 1.29 is 0 Å². The van der Waals surface area contributed by atoms with Crippen molar-refractivity contribution in [3.05, 3.63) is 24.6 Å². The van der Waals surface area contributed by atoms with Gasteiger partial charge in [-0.15, -0.1) is 0 Å². The first-order valence-corrected chi connectivity index (χ1v) is 6.37. The molecule has 1 N–H and O–H groups in total. The van der Waals surface area contributed by atoms with E-state index >= 15 is 0 Å². The molecule has 2 rings (SSSR count). The molecule has 0 aromatic heterocycles. The van der Waals surface area contributed by atoms with Gasteiger partial charge in [-0.25, -0.2) is 0 Å². The van der Waals surface area contributed by atoms with E-state index in [1.165, 1.54) is 0 Å². The van der Waals surface area contributed by atoms with Crippen LogP contribution in [0.5, 0.6) is 0 Å². The van der Waals surface area contributed by atoms with Crippen molar-refractivity contribution in [3.8, 4) is 0 Å². The fraction of sp³-hybridized carbons (Fsp3) is 0.538. The van der Waals surface area contributed by atoms with Gasteiger partial charge in [0.1, 0.15) is 5.84 Å². The predicted molar refractivity (Wildman–Crippen MR) is 75.6 cm³/mol. The Bertz CT molecular complexity index is 408. The topological polar surface area (TPSA) is 43.2 Å². The minimum absolute atomic E-state index is 0.458. The van der Waals surface area contributed by atoms with Gasteiger partial charge in [0.2, 0.25) is 5.96 Å². The largest absolute Gasteiger partial charge is 0.377 e. The zero-order chi connectivity index (χ0) is 13.0. The fourth-order valence-electron chi connectivity index (χ4n) is 2.15. The van der Waals surface area contributed by atoms with Crippen molar-refractivity contribution in [2.45, 2.75) is 19.4 Å². The molecule has 0 bridgehead atoms. The Balaban J connectivity index is 2.27. The summed E-state index contributed by atoms with van der Waals surface area (Å²) in [5.41, 5.74) is 0. The van der Waals surface area contributed by atoms with E-state index in [-0.39, 0.29) is 0 Å². The van der Waals surface area contributed by atoms with Crippen LogP contribution in [0.4, 0.5) is 0 Å². The number of hydrogen-bond acceptors (Lipinski definition) is 3. The molecule has 0 aliphatic carbocycles. The number of guanidine groups is 1. The van der Waals surface area contributed by atoms with Crippen LogP contribution in [0.3, 0.4) is 0 Å². The van der Waals surface area contributed by atoms with Gasteiger partial charge in [0.15, 0.2) is 0 Å². The normalized spacial score (nSPS) is 26.1. The summed E-state index contributed by atoms with van der Waals surface area (Å²) in [6.07, 6.45) is 9.41. The Kier molecular flexibility index (Phi) is 4.02. The van der Waals surface area contributed by atoms with Crippen molar-refractivity contribution >= 4 is 11.8 Å². The van der Waals surface area contributed by atoms with Crippen molar-refractivity contribution in [1.82, 2.24) is 15.1 Å². The lowest BCUT2D eigenvalue weighted by molar-refractivity contribution is 0.269. The minimum atomic E-state index is 0.458. The zero-order valence-electron chi connectivity index (χ0n) is 11.3. The van der Waals surface area contributed by atoms with Crippen LogP contribution in [0.1, 0.15) is 13.3 Å². The van der Waals surface area contributed by atoms with Crippen LogP contribution >= 0.6 is 0 Å². The molecule has 0 radical (unpaired) electrons. The van der Waals surface area contributed by atoms with E-state index < -0.39 is 0 Å². The van der Waals surface area contributed by atoms with Crippen LogP contribution < -0.4 is 5.32 Å². The molecule has 5 nitrogen and oxygen atoms in total. The molecule has 0 fully saturated rings. The number of hydrogen-bond donors (Lipinski definition) is 1. The van der Waals surface area contributed by atoms with E-state index in [1.54, 1.807) is 7.05 Å². The monoisotopic (exact) mass is 247 g/mol. The maximum absolute atomic E-state index is 4.57. The third-order valence-corrected chi connectivity index (χ3v) is 3.19.